The molecule has 0 radical (unpaired) electrons. The van der Waals surface area contributed by atoms with Crippen molar-refractivity contribution in [3.63, 3.8) is 0 Å². The van der Waals surface area contributed by atoms with E-state index >= 15 is 0 Å². The lowest BCUT2D eigenvalue weighted by Crippen LogP contribution is -2.47. The molecule has 1 amide bonds. The lowest BCUT2D eigenvalue weighted by molar-refractivity contribution is -0.119. The Morgan fingerprint density at radius 3 is 2.76 bits per heavy atom. The van der Waals surface area contributed by atoms with Crippen LogP contribution in [0.15, 0.2) is 29.3 Å². The van der Waals surface area contributed by atoms with Gasteiger partial charge in [0.15, 0.2) is 5.92 Å². The van der Waals surface area contributed by atoms with Gasteiger partial charge in [-0.05, 0) is 12.5 Å². The van der Waals surface area contributed by atoms with E-state index in [0.29, 0.717) is 5.36 Å². The molecule has 84 valence electrons. The fourth-order valence-electron chi connectivity index (χ4n) is 2.27. The van der Waals surface area contributed by atoms with Crippen LogP contribution in [0.4, 0.5) is 0 Å². The summed E-state index contributed by atoms with van der Waals surface area (Å²) in [6, 6.07) is 9.60. The Morgan fingerprint density at radius 1 is 1.35 bits per heavy atom. The van der Waals surface area contributed by atoms with Crippen molar-refractivity contribution in [3.05, 3.63) is 34.8 Å². The summed E-state index contributed by atoms with van der Waals surface area (Å²) < 4.78 is 0. The van der Waals surface area contributed by atoms with Crippen LogP contribution >= 0.6 is 0 Å². The summed E-state index contributed by atoms with van der Waals surface area (Å²) in [7, 11) is 0. The molecule has 0 bridgehead atoms. The lowest BCUT2D eigenvalue weighted by atomic mass is 9.97. The van der Waals surface area contributed by atoms with Crippen LogP contribution in [-0.4, -0.2) is 23.9 Å². The van der Waals surface area contributed by atoms with E-state index in [1.165, 1.54) is 0 Å². The van der Waals surface area contributed by atoms with E-state index in [0.717, 1.165) is 30.4 Å². The van der Waals surface area contributed by atoms with Gasteiger partial charge in [-0.15, -0.1) is 0 Å². The van der Waals surface area contributed by atoms with E-state index in [2.05, 4.69) is 16.0 Å². The molecule has 0 aromatic heterocycles. The van der Waals surface area contributed by atoms with E-state index in [4.69, 9.17) is 5.26 Å². The molecule has 2 aliphatic heterocycles. The molecule has 1 atom stereocenters. The second-order valence-corrected chi connectivity index (χ2v) is 4.26. The van der Waals surface area contributed by atoms with Crippen LogP contribution in [0.3, 0.4) is 0 Å². The van der Waals surface area contributed by atoms with Gasteiger partial charge in [0.2, 0.25) is 0 Å². The van der Waals surface area contributed by atoms with Crippen molar-refractivity contribution >= 4 is 11.6 Å². The molecule has 1 unspecified atom stereocenters. The highest BCUT2D eigenvalue weighted by Gasteiger charge is 2.32. The summed E-state index contributed by atoms with van der Waals surface area (Å²) >= 11 is 0. The minimum absolute atomic E-state index is 0.340. The van der Waals surface area contributed by atoms with Crippen molar-refractivity contribution in [3.8, 4) is 6.07 Å². The summed E-state index contributed by atoms with van der Waals surface area (Å²) in [6.45, 7) is 1.85. The molecular weight excluding hydrogens is 214 g/mol. The topological polar surface area (TPSA) is 56.5 Å². The van der Waals surface area contributed by atoms with E-state index in [-0.39, 0.29) is 5.91 Å². The third kappa shape index (κ3) is 1.43. The van der Waals surface area contributed by atoms with Crippen molar-refractivity contribution in [2.24, 2.45) is 10.9 Å². The smallest absolute Gasteiger partial charge is 0.269 e. The Hall–Kier alpha value is -2.15. The third-order valence-electron chi connectivity index (χ3n) is 3.26. The van der Waals surface area contributed by atoms with Gasteiger partial charge >= 0.3 is 0 Å². The molecule has 4 nitrogen and oxygen atoms in total. The van der Waals surface area contributed by atoms with Crippen molar-refractivity contribution in [2.45, 2.75) is 6.42 Å². The standard InChI is InChI=1S/C13H11N3O/c14-8-10-12(16-6-3-7-16)9-4-1-2-5-11(9)15-13(10)17/h1-2,4-5,10H,3,6-7H2. The minimum atomic E-state index is -0.731. The molecule has 3 rings (SSSR count). The SMILES string of the molecule is N#CC1C(=O)N=c2ccccc2=C1N1CCC1. The van der Waals surface area contributed by atoms with Crippen LogP contribution in [0, 0.1) is 17.2 Å². The number of nitrogens with zero attached hydrogens (tertiary/aromatic N) is 3. The number of benzene rings is 1. The molecule has 0 aliphatic carbocycles. The summed E-state index contributed by atoms with van der Waals surface area (Å²) in [5.41, 5.74) is 0.842. The Kier molecular flexibility index (Phi) is 2.19. The number of hydrogen-bond acceptors (Lipinski definition) is 3. The zero-order valence-electron chi connectivity index (χ0n) is 9.26. The fourth-order valence-corrected chi connectivity index (χ4v) is 2.27. The number of nitriles is 1. The number of fused-ring (bicyclic) bond motifs is 1. The van der Waals surface area contributed by atoms with Crippen LogP contribution < -0.4 is 10.6 Å². The summed E-state index contributed by atoms with van der Waals surface area (Å²) in [4.78, 5) is 17.9. The van der Waals surface area contributed by atoms with Crippen LogP contribution in [0.25, 0.3) is 5.70 Å². The molecule has 0 N–H and O–H groups in total. The van der Waals surface area contributed by atoms with Gasteiger partial charge in [-0.2, -0.15) is 5.26 Å². The molecule has 4 heteroatoms. The third-order valence-corrected chi connectivity index (χ3v) is 3.26. The van der Waals surface area contributed by atoms with Gasteiger partial charge in [0.05, 0.1) is 17.1 Å². The quantitative estimate of drug-likeness (QED) is 0.665. The number of rotatable bonds is 1. The molecular formula is C13H11N3O. The summed E-state index contributed by atoms with van der Waals surface area (Å²) in [5.74, 6) is -1.07. The monoisotopic (exact) mass is 225 g/mol. The van der Waals surface area contributed by atoms with E-state index < -0.39 is 5.92 Å². The first-order valence-electron chi connectivity index (χ1n) is 5.67. The zero-order valence-corrected chi connectivity index (χ0v) is 9.26. The highest BCUT2D eigenvalue weighted by atomic mass is 16.1. The predicted molar refractivity (Wildman–Crippen MR) is 60.9 cm³/mol. The Labute approximate surface area is 98.5 Å². The molecule has 0 spiro atoms. The Balaban J connectivity index is 2.32. The lowest BCUT2D eigenvalue weighted by Gasteiger charge is -2.37. The predicted octanol–water partition coefficient (Wildman–Crippen LogP) is -0.200. The number of amides is 1. The number of carbonyl (C=O) groups is 1. The maximum absolute atomic E-state index is 11.8. The van der Waals surface area contributed by atoms with Crippen LogP contribution in [0.2, 0.25) is 0 Å². The normalized spacial score (nSPS) is 22.3. The Morgan fingerprint density at radius 2 is 2.12 bits per heavy atom. The first kappa shape index (κ1) is 10.0. The van der Waals surface area contributed by atoms with Crippen LogP contribution in [0.5, 0.6) is 0 Å². The second-order valence-electron chi connectivity index (χ2n) is 4.26. The van der Waals surface area contributed by atoms with Gasteiger partial charge in [-0.3, -0.25) is 4.79 Å². The second kappa shape index (κ2) is 3.70. The maximum Gasteiger partial charge on any atom is 0.269 e. The summed E-state index contributed by atoms with van der Waals surface area (Å²) in [6.07, 6.45) is 1.12. The molecule has 17 heavy (non-hydrogen) atoms. The first-order valence-corrected chi connectivity index (χ1v) is 5.67. The highest BCUT2D eigenvalue weighted by molar-refractivity contribution is 5.92. The van der Waals surface area contributed by atoms with Gasteiger partial charge in [-0.1, -0.05) is 18.2 Å². The fraction of sp³-hybridized carbons (Fsp3) is 0.308. The molecule has 1 fully saturated rings. The van der Waals surface area contributed by atoms with Crippen molar-refractivity contribution in [2.75, 3.05) is 13.1 Å². The summed E-state index contributed by atoms with van der Waals surface area (Å²) in [5, 5.41) is 10.8. The van der Waals surface area contributed by atoms with E-state index in [1.54, 1.807) is 0 Å². The number of para-hydroxylation sites is 1. The zero-order chi connectivity index (χ0) is 11.8. The van der Waals surface area contributed by atoms with Gasteiger partial charge in [-0.25, -0.2) is 4.99 Å². The molecule has 2 aliphatic rings. The molecule has 1 aromatic carbocycles. The van der Waals surface area contributed by atoms with Gasteiger partial charge in [0.25, 0.3) is 5.91 Å². The van der Waals surface area contributed by atoms with Crippen LogP contribution in [-0.2, 0) is 4.79 Å². The average Bonchev–Trinajstić information content (AvgIpc) is 2.27. The van der Waals surface area contributed by atoms with Crippen LogP contribution in [0.1, 0.15) is 6.42 Å². The Bertz CT molecular complexity index is 637. The molecule has 1 aromatic rings. The first-order chi connectivity index (χ1) is 8.31. The largest absolute Gasteiger partial charge is 0.373 e. The van der Waals surface area contributed by atoms with E-state index in [1.807, 2.05) is 24.3 Å². The molecule has 1 saturated heterocycles. The van der Waals surface area contributed by atoms with Gasteiger partial charge in [0.1, 0.15) is 0 Å². The van der Waals surface area contributed by atoms with Crippen molar-refractivity contribution in [1.82, 2.24) is 4.90 Å². The number of carbonyl (C=O) groups excluding carboxylic acids is 1. The van der Waals surface area contributed by atoms with Gasteiger partial charge < -0.3 is 4.90 Å². The minimum Gasteiger partial charge on any atom is -0.373 e. The average molecular weight is 225 g/mol. The van der Waals surface area contributed by atoms with Crippen molar-refractivity contribution in [1.29, 1.82) is 5.26 Å². The van der Waals surface area contributed by atoms with E-state index in [9.17, 15) is 4.79 Å². The maximum atomic E-state index is 11.8. The number of likely N-dealkylation sites (tertiary alicyclic amines) is 1. The van der Waals surface area contributed by atoms with Gasteiger partial charge in [0, 0.05) is 18.3 Å². The molecule has 2 heterocycles. The highest BCUT2D eigenvalue weighted by Crippen LogP contribution is 2.23. The van der Waals surface area contributed by atoms with Crippen molar-refractivity contribution < 1.29 is 4.79 Å². The molecule has 0 saturated carbocycles. The number of hydrogen-bond donors (Lipinski definition) is 0.